The Balaban J connectivity index is 1.63. The molecule has 0 bridgehead atoms. The Morgan fingerprint density at radius 2 is 1.92 bits per heavy atom. The number of methoxy groups -OCH3 is 1. The number of hydrogen-bond donors (Lipinski definition) is 1. The van der Waals surface area contributed by atoms with Crippen LogP contribution in [0.4, 0.5) is 0 Å². The van der Waals surface area contributed by atoms with Crippen molar-refractivity contribution in [2.75, 3.05) is 7.11 Å². The maximum Gasteiger partial charge on any atom is 0.339 e. The number of ether oxygens (including phenoxy) is 3. The topological polar surface area (TPSA) is 88.8 Å². The maximum absolute atomic E-state index is 12.8. The normalized spacial score (nSPS) is 31.5. The molecule has 2 fully saturated rings. The number of aliphatic hydroxyl groups is 1. The monoisotopic (exact) mass is 503 g/mol. The van der Waals surface area contributed by atoms with E-state index >= 15 is 0 Å². The minimum atomic E-state index is -0.587. The van der Waals surface area contributed by atoms with Gasteiger partial charge in [-0.25, -0.2) is 4.79 Å². The van der Waals surface area contributed by atoms with E-state index in [1.807, 2.05) is 30.3 Å². The van der Waals surface area contributed by atoms with E-state index in [1.165, 1.54) is 7.11 Å². The highest BCUT2D eigenvalue weighted by atomic mass is 16.5. The third kappa shape index (κ3) is 3.74. The summed E-state index contributed by atoms with van der Waals surface area (Å²) in [5.41, 5.74) is 1.18. The average Bonchev–Trinajstić information content (AvgIpc) is 3.31. The molecule has 0 amide bonds. The highest BCUT2D eigenvalue weighted by Gasteiger charge is 2.67. The first-order chi connectivity index (χ1) is 17.6. The van der Waals surface area contributed by atoms with Crippen LogP contribution in [0.3, 0.4) is 0 Å². The van der Waals surface area contributed by atoms with Crippen molar-refractivity contribution in [1.29, 1.82) is 5.26 Å². The lowest BCUT2D eigenvalue weighted by Crippen LogP contribution is -2.66. The lowest BCUT2D eigenvalue weighted by Gasteiger charge is -2.64. The zero-order valence-electron chi connectivity index (χ0n) is 22.5. The van der Waals surface area contributed by atoms with Crippen molar-refractivity contribution in [3.63, 3.8) is 0 Å². The van der Waals surface area contributed by atoms with Crippen LogP contribution >= 0.6 is 0 Å². The fourth-order valence-electron chi connectivity index (χ4n) is 7.72. The number of hydrogen-bond acceptors (Lipinski definition) is 6. The molecule has 2 saturated carbocycles. The molecular formula is C31H37NO5. The van der Waals surface area contributed by atoms with Crippen molar-refractivity contribution >= 4 is 5.97 Å². The second-order valence-electron chi connectivity index (χ2n) is 12.0. The molecule has 1 heterocycles. The molecule has 2 aromatic rings. The van der Waals surface area contributed by atoms with E-state index < -0.39 is 11.6 Å². The predicted molar refractivity (Wildman–Crippen MR) is 139 cm³/mol. The Labute approximate surface area is 219 Å². The lowest BCUT2D eigenvalue weighted by molar-refractivity contribution is -0.210. The fourth-order valence-corrected chi connectivity index (χ4v) is 7.72. The Hall–Kier alpha value is -3.04. The van der Waals surface area contributed by atoms with Crippen molar-refractivity contribution < 1.29 is 24.1 Å². The summed E-state index contributed by atoms with van der Waals surface area (Å²) in [5, 5.41) is 21.1. The number of rotatable bonds is 4. The number of carbonyl (C=O) groups excluding carboxylic acids is 1. The van der Waals surface area contributed by atoms with Gasteiger partial charge >= 0.3 is 5.97 Å². The summed E-state index contributed by atoms with van der Waals surface area (Å²) >= 11 is 0. The van der Waals surface area contributed by atoms with Crippen LogP contribution in [-0.4, -0.2) is 29.9 Å². The Morgan fingerprint density at radius 3 is 2.59 bits per heavy atom. The third-order valence-electron chi connectivity index (χ3n) is 9.94. The highest BCUT2D eigenvalue weighted by Crippen LogP contribution is 2.67. The molecule has 5 atom stereocenters. The van der Waals surface area contributed by atoms with E-state index in [2.05, 4.69) is 33.8 Å². The molecule has 6 heteroatoms. The van der Waals surface area contributed by atoms with E-state index in [1.54, 1.807) is 6.07 Å². The van der Waals surface area contributed by atoms with Gasteiger partial charge in [-0.05, 0) is 54.6 Å². The summed E-state index contributed by atoms with van der Waals surface area (Å²) in [7, 11) is 1.31. The van der Waals surface area contributed by atoms with Crippen molar-refractivity contribution in [3.05, 3.63) is 58.7 Å². The molecule has 5 rings (SSSR count). The van der Waals surface area contributed by atoms with Crippen molar-refractivity contribution in [2.45, 2.75) is 78.1 Å². The largest absolute Gasteiger partial charge is 0.488 e. The van der Waals surface area contributed by atoms with Crippen LogP contribution in [0.2, 0.25) is 0 Å². The van der Waals surface area contributed by atoms with Crippen molar-refractivity contribution in [1.82, 2.24) is 0 Å². The van der Waals surface area contributed by atoms with E-state index in [0.29, 0.717) is 30.9 Å². The van der Waals surface area contributed by atoms with E-state index in [0.717, 1.165) is 30.4 Å². The lowest BCUT2D eigenvalue weighted by atomic mass is 9.43. The SMILES string of the molecule is COC(=O)c1cc(OCc2ccccc2)c2c(c1C#N)O[C@]1(C2)[C@H](C)CC[C@H]2C(C)(C)[C@H](O)CC[C@@]21C. The second-order valence-corrected chi connectivity index (χ2v) is 12.0. The predicted octanol–water partition coefficient (Wildman–Crippen LogP) is 5.83. The zero-order chi connectivity index (χ0) is 26.6. The smallest absolute Gasteiger partial charge is 0.339 e. The van der Waals surface area contributed by atoms with Gasteiger partial charge in [0.15, 0.2) is 0 Å². The standard InChI is InChI=1S/C31H37NO5/c1-19-11-12-25-29(2,3)26(33)13-14-30(25,4)31(19)16-22-24(36-18-20-9-7-6-8-10-20)15-21(28(34)35-5)23(17-32)27(22)37-31/h6-10,15,19,25-26,33H,11-14,16,18H2,1-5H3/t19-,25+,26-,30+,31-/m1/s1. The Bertz CT molecular complexity index is 1250. The molecule has 3 aliphatic rings. The molecule has 1 aliphatic heterocycles. The molecule has 0 saturated heterocycles. The third-order valence-corrected chi connectivity index (χ3v) is 9.94. The Morgan fingerprint density at radius 1 is 1.19 bits per heavy atom. The van der Waals surface area contributed by atoms with Gasteiger partial charge in [-0.15, -0.1) is 0 Å². The molecule has 1 spiro atoms. The summed E-state index contributed by atoms with van der Waals surface area (Å²) in [5.74, 6) is 0.904. The number of nitriles is 1. The molecule has 0 radical (unpaired) electrons. The minimum absolute atomic E-state index is 0.161. The van der Waals surface area contributed by atoms with Gasteiger partial charge in [0.05, 0.1) is 18.8 Å². The molecule has 37 heavy (non-hydrogen) atoms. The summed E-state index contributed by atoms with van der Waals surface area (Å²) in [6.07, 6.45) is 3.79. The first kappa shape index (κ1) is 25.6. The van der Waals surface area contributed by atoms with Crippen molar-refractivity contribution in [2.24, 2.45) is 22.7 Å². The van der Waals surface area contributed by atoms with Crippen LogP contribution in [0.15, 0.2) is 36.4 Å². The van der Waals surface area contributed by atoms with Crippen molar-refractivity contribution in [3.8, 4) is 17.6 Å². The van der Waals surface area contributed by atoms with Gasteiger partial charge in [0.1, 0.15) is 35.3 Å². The highest BCUT2D eigenvalue weighted by molar-refractivity contribution is 5.94. The summed E-state index contributed by atoms with van der Waals surface area (Å²) in [6.45, 7) is 9.24. The molecule has 1 N–H and O–H groups in total. The minimum Gasteiger partial charge on any atom is -0.488 e. The molecular weight excluding hydrogens is 466 g/mol. The van der Waals surface area contributed by atoms with Crippen LogP contribution in [0.25, 0.3) is 0 Å². The number of benzene rings is 2. The number of esters is 1. The van der Waals surface area contributed by atoms with Gasteiger partial charge in [0.2, 0.25) is 0 Å². The van der Waals surface area contributed by atoms with Crippen LogP contribution in [0.1, 0.15) is 80.4 Å². The van der Waals surface area contributed by atoms with E-state index in [4.69, 9.17) is 14.2 Å². The van der Waals surface area contributed by atoms with Gasteiger partial charge in [-0.3, -0.25) is 0 Å². The number of fused-ring (bicyclic) bond motifs is 3. The number of aliphatic hydroxyl groups excluding tert-OH is 1. The molecule has 2 aliphatic carbocycles. The first-order valence-corrected chi connectivity index (χ1v) is 13.3. The zero-order valence-corrected chi connectivity index (χ0v) is 22.5. The molecule has 0 aromatic heterocycles. The van der Waals surface area contributed by atoms with Crippen LogP contribution < -0.4 is 9.47 Å². The molecule has 2 aromatic carbocycles. The quantitative estimate of drug-likeness (QED) is 0.528. The van der Waals surface area contributed by atoms with Gasteiger partial charge in [-0.2, -0.15) is 5.26 Å². The summed E-state index contributed by atoms with van der Waals surface area (Å²) in [6, 6.07) is 13.8. The maximum atomic E-state index is 12.8. The van der Waals surface area contributed by atoms with Gasteiger partial charge in [-0.1, -0.05) is 58.0 Å². The van der Waals surface area contributed by atoms with Crippen LogP contribution in [-0.2, 0) is 17.8 Å². The molecule has 0 unspecified atom stereocenters. The summed E-state index contributed by atoms with van der Waals surface area (Å²) in [4.78, 5) is 12.8. The van der Waals surface area contributed by atoms with Crippen LogP contribution in [0.5, 0.6) is 11.5 Å². The van der Waals surface area contributed by atoms with E-state index in [-0.39, 0.29) is 39.9 Å². The average molecular weight is 504 g/mol. The van der Waals surface area contributed by atoms with E-state index in [9.17, 15) is 15.2 Å². The number of carbonyl (C=O) groups is 1. The molecule has 196 valence electrons. The van der Waals surface area contributed by atoms with Gasteiger partial charge in [0, 0.05) is 17.4 Å². The Kier molecular flexibility index (Phi) is 6.27. The number of nitrogens with zero attached hydrogens (tertiary/aromatic N) is 1. The van der Waals surface area contributed by atoms with Crippen LogP contribution in [0, 0.1) is 34.0 Å². The van der Waals surface area contributed by atoms with Gasteiger partial charge < -0.3 is 19.3 Å². The second kappa shape index (κ2) is 9.06. The summed E-state index contributed by atoms with van der Waals surface area (Å²) < 4.78 is 18.4. The molecule has 6 nitrogen and oxygen atoms in total. The fraction of sp³-hybridized carbons (Fsp3) is 0.548. The first-order valence-electron chi connectivity index (χ1n) is 13.3. The van der Waals surface area contributed by atoms with Gasteiger partial charge in [0.25, 0.3) is 0 Å².